The van der Waals surface area contributed by atoms with E-state index >= 15 is 0 Å². The van der Waals surface area contributed by atoms with Gasteiger partial charge in [-0.15, -0.1) is 19.4 Å². The van der Waals surface area contributed by atoms with E-state index < -0.39 is 5.97 Å². The third-order valence-electron chi connectivity index (χ3n) is 8.15. The van der Waals surface area contributed by atoms with Gasteiger partial charge in [0.2, 0.25) is 5.91 Å². The zero-order chi connectivity index (χ0) is 31.2. The molecule has 6 nitrogen and oxygen atoms in total. The minimum Gasteiger partial charge on any atom is -0.481 e. The van der Waals surface area contributed by atoms with Crippen molar-refractivity contribution in [2.75, 3.05) is 26.2 Å². The molecule has 0 bridgehead atoms. The van der Waals surface area contributed by atoms with Gasteiger partial charge < -0.3 is 10.0 Å². The van der Waals surface area contributed by atoms with Crippen LogP contribution in [0, 0.1) is 24.2 Å². The zero-order valence-electron chi connectivity index (χ0n) is 25.1. The fraction of sp³-hybridized carbons (Fsp3) is 0.389. The van der Waals surface area contributed by atoms with Crippen molar-refractivity contribution < 1.29 is 14.7 Å². The number of terminal acetylenes is 1. The summed E-state index contributed by atoms with van der Waals surface area (Å²) in [6.07, 6.45) is 27.6. The van der Waals surface area contributed by atoms with Crippen LogP contribution >= 0.6 is 11.6 Å². The van der Waals surface area contributed by atoms with Gasteiger partial charge in [0.05, 0.1) is 24.5 Å². The lowest BCUT2D eigenvalue weighted by molar-refractivity contribution is -0.137. The number of likely N-dealkylation sites (tertiary alicyclic amines) is 1. The molecule has 2 aliphatic carbocycles. The minimum atomic E-state index is -0.807. The van der Waals surface area contributed by atoms with E-state index in [-0.39, 0.29) is 17.7 Å². The molecule has 226 valence electrons. The highest BCUT2D eigenvalue weighted by Gasteiger charge is 2.58. The molecule has 1 amide bonds. The monoisotopic (exact) mass is 599 g/mol. The van der Waals surface area contributed by atoms with Crippen LogP contribution in [0.25, 0.3) is 0 Å². The van der Waals surface area contributed by atoms with Gasteiger partial charge in [-0.25, -0.2) is 0 Å². The number of fused-ring (bicyclic) bond motifs is 1. The van der Waals surface area contributed by atoms with Gasteiger partial charge in [0, 0.05) is 41.1 Å². The number of carboxylic acids is 1. The zero-order valence-corrected chi connectivity index (χ0v) is 25.8. The van der Waals surface area contributed by atoms with Gasteiger partial charge in [-0.2, -0.15) is 0 Å². The third-order valence-corrected chi connectivity index (χ3v) is 8.40. The maximum absolute atomic E-state index is 13.5. The summed E-state index contributed by atoms with van der Waals surface area (Å²) in [5, 5.41) is 9.69. The third kappa shape index (κ3) is 9.27. The highest BCUT2D eigenvalue weighted by Crippen LogP contribution is 2.62. The highest BCUT2D eigenvalue weighted by atomic mass is 35.5. The fourth-order valence-electron chi connectivity index (χ4n) is 5.83. The van der Waals surface area contributed by atoms with Crippen molar-refractivity contribution >= 4 is 34.9 Å². The Morgan fingerprint density at radius 3 is 2.60 bits per heavy atom. The van der Waals surface area contributed by atoms with Crippen molar-refractivity contribution in [1.29, 1.82) is 0 Å². The lowest BCUT2D eigenvalue weighted by atomic mass is 9.87. The number of rotatable bonds is 13. The summed E-state index contributed by atoms with van der Waals surface area (Å²) in [6.45, 7) is 8.00. The van der Waals surface area contributed by atoms with E-state index in [1.54, 1.807) is 6.08 Å². The number of unbranched alkanes of at least 4 members (excludes halogenated alkanes) is 1. The Labute approximate surface area is 261 Å². The van der Waals surface area contributed by atoms with Crippen LogP contribution in [-0.2, 0) is 9.59 Å². The molecule has 2 atom stereocenters. The van der Waals surface area contributed by atoms with Crippen molar-refractivity contribution in [3.05, 3.63) is 95.1 Å². The van der Waals surface area contributed by atoms with E-state index in [9.17, 15) is 9.59 Å². The van der Waals surface area contributed by atoms with Gasteiger partial charge in [-0.05, 0) is 69.1 Å². The molecule has 1 aliphatic heterocycles. The van der Waals surface area contributed by atoms with E-state index in [1.807, 2.05) is 42.2 Å². The lowest BCUT2D eigenvalue weighted by Gasteiger charge is -2.34. The Morgan fingerprint density at radius 2 is 1.88 bits per heavy atom. The summed E-state index contributed by atoms with van der Waals surface area (Å²) in [6, 6.07) is 7.46. The molecule has 1 saturated carbocycles. The van der Waals surface area contributed by atoms with Gasteiger partial charge in [0.25, 0.3) is 0 Å². The van der Waals surface area contributed by atoms with Crippen molar-refractivity contribution in [1.82, 2.24) is 4.90 Å². The van der Waals surface area contributed by atoms with E-state index in [2.05, 4.69) is 49.8 Å². The summed E-state index contributed by atoms with van der Waals surface area (Å²) >= 11 is 6.12. The predicted octanol–water partition coefficient (Wildman–Crippen LogP) is 7.28. The number of aliphatic carboxylic acids is 1. The van der Waals surface area contributed by atoms with E-state index in [0.29, 0.717) is 48.9 Å². The molecule has 2 fully saturated rings. The van der Waals surface area contributed by atoms with Crippen molar-refractivity contribution in [3.63, 3.8) is 0 Å². The first-order valence-electron chi connectivity index (χ1n) is 14.8. The lowest BCUT2D eigenvalue weighted by Crippen LogP contribution is -2.42. The first-order chi connectivity index (χ1) is 20.8. The molecule has 1 N–H and O–H groups in total. The van der Waals surface area contributed by atoms with E-state index in [0.717, 1.165) is 49.3 Å². The average Bonchev–Trinajstić information content (AvgIpc) is 3.80. The Kier molecular flexibility index (Phi) is 13.0. The standard InChI is InChI=1S/C34H40ClN3O3.C2H2/c1-3-20-37-32(26-14-16-29(35)17-15-26)30(12-8-9-13-31(39)40)36-21-18-25(2)33(41)38-22-19-28-23-34(28,24-38)27-10-6-4-5-7-11-27;1-2/h3-6,10-11,14-18,28H,1,7-9,12-13,19-24H2,2H3,(H,39,40);1-2H/b25-18+,36-30?,37-32?;. The number of hydrogen-bond acceptors (Lipinski definition) is 4. The number of hydrogen-bond donors (Lipinski definition) is 1. The Morgan fingerprint density at radius 1 is 1.14 bits per heavy atom. The van der Waals surface area contributed by atoms with Crippen molar-refractivity contribution in [2.24, 2.45) is 21.3 Å². The SMILES string of the molecule is C#C.C=CCN=C(C(CCCCC(=O)O)=NC/C=C(\C)C(=O)N1CCC2CC2(C2=CCC=CC=C2)C1)c1ccc(Cl)cc1. The van der Waals surface area contributed by atoms with Crippen molar-refractivity contribution in [3.8, 4) is 12.8 Å². The fourth-order valence-corrected chi connectivity index (χ4v) is 5.96. The molecule has 4 rings (SSSR count). The number of amides is 1. The maximum Gasteiger partial charge on any atom is 0.303 e. The van der Waals surface area contributed by atoms with Crippen LogP contribution in [0.3, 0.4) is 0 Å². The number of piperidine rings is 1. The molecule has 43 heavy (non-hydrogen) atoms. The van der Waals surface area contributed by atoms with Gasteiger partial charge in [-0.1, -0.05) is 66.3 Å². The number of nitrogens with zero attached hydrogens (tertiary/aromatic N) is 3. The number of halogens is 1. The number of carbonyl (C=O) groups is 2. The topological polar surface area (TPSA) is 82.3 Å². The maximum atomic E-state index is 13.5. The molecule has 0 aromatic heterocycles. The number of carboxylic acid groups (broad SMARTS) is 1. The molecule has 2 unspecified atom stereocenters. The second-order valence-electron chi connectivity index (χ2n) is 11.0. The molecule has 1 heterocycles. The largest absolute Gasteiger partial charge is 0.481 e. The number of allylic oxidation sites excluding steroid dienone is 5. The molecule has 0 radical (unpaired) electrons. The van der Waals surface area contributed by atoms with Gasteiger partial charge in [0.15, 0.2) is 0 Å². The molecule has 7 heteroatoms. The van der Waals surface area contributed by atoms with Gasteiger partial charge in [-0.3, -0.25) is 19.6 Å². The van der Waals surface area contributed by atoms with E-state index in [4.69, 9.17) is 26.7 Å². The number of carbonyl (C=O) groups excluding carboxylic acids is 1. The quantitative estimate of drug-likeness (QED) is 0.0850. The molecular formula is C36H42ClN3O3. The summed E-state index contributed by atoms with van der Waals surface area (Å²) < 4.78 is 0. The summed E-state index contributed by atoms with van der Waals surface area (Å²) in [7, 11) is 0. The minimum absolute atomic E-state index is 0.0718. The second kappa shape index (κ2) is 16.6. The van der Waals surface area contributed by atoms with Crippen LogP contribution in [0.1, 0.15) is 57.4 Å². The first kappa shape index (κ1) is 33.6. The molecule has 1 saturated heterocycles. The first-order valence-corrected chi connectivity index (χ1v) is 15.2. The summed E-state index contributed by atoms with van der Waals surface area (Å²) in [5.41, 5.74) is 4.58. The molecule has 1 aromatic rings. The Balaban J connectivity index is 0.00000248. The van der Waals surface area contributed by atoms with Gasteiger partial charge >= 0.3 is 5.97 Å². The summed E-state index contributed by atoms with van der Waals surface area (Å²) in [5.74, 6) is -0.0689. The van der Waals surface area contributed by atoms with Crippen LogP contribution in [0.2, 0.25) is 5.02 Å². The normalized spacial score (nSPS) is 21.6. The molecule has 0 spiro atoms. The summed E-state index contributed by atoms with van der Waals surface area (Å²) in [4.78, 5) is 36.2. The van der Waals surface area contributed by atoms with Crippen LogP contribution in [0.4, 0.5) is 0 Å². The van der Waals surface area contributed by atoms with E-state index in [1.165, 1.54) is 5.57 Å². The second-order valence-corrected chi connectivity index (χ2v) is 11.5. The molecular weight excluding hydrogens is 558 g/mol. The van der Waals surface area contributed by atoms with Crippen LogP contribution in [0.5, 0.6) is 0 Å². The predicted molar refractivity (Wildman–Crippen MR) is 178 cm³/mol. The van der Waals surface area contributed by atoms with Crippen molar-refractivity contribution in [2.45, 2.75) is 51.9 Å². The van der Waals surface area contributed by atoms with Gasteiger partial charge in [0.1, 0.15) is 0 Å². The molecule has 3 aliphatic rings. The Bertz CT molecular complexity index is 1360. The van der Waals surface area contributed by atoms with Crippen LogP contribution < -0.4 is 0 Å². The Hall–Kier alpha value is -3.95. The number of aliphatic imine (C=N–C) groups is 2. The molecule has 1 aromatic carbocycles. The smallest absolute Gasteiger partial charge is 0.303 e. The average molecular weight is 600 g/mol. The van der Waals surface area contributed by atoms with Crippen LogP contribution in [0.15, 0.2) is 94.5 Å². The highest BCUT2D eigenvalue weighted by molar-refractivity contribution is 6.48. The van der Waals surface area contributed by atoms with Crippen LogP contribution in [-0.4, -0.2) is 59.5 Å². The number of benzene rings is 1.